The molecule has 1 aromatic heterocycles. The Morgan fingerprint density at radius 2 is 1.94 bits per heavy atom. The number of hydrogen-bond acceptors (Lipinski definition) is 3. The number of aromatic nitrogens is 3. The van der Waals surface area contributed by atoms with Crippen LogP contribution in [0.15, 0.2) is 6.33 Å². The molecule has 2 N–H and O–H groups in total. The van der Waals surface area contributed by atoms with Gasteiger partial charge in [-0.15, -0.1) is 17.5 Å². The van der Waals surface area contributed by atoms with Gasteiger partial charge in [-0.1, -0.05) is 0 Å². The second kappa shape index (κ2) is 3.84. The van der Waals surface area contributed by atoms with E-state index in [0.717, 1.165) is 18.3 Å². The predicted octanol–water partition coefficient (Wildman–Crippen LogP) is 2.36. The molecule has 0 amide bonds. The Kier molecular flexibility index (Phi) is 2.71. The third-order valence-corrected chi connectivity index (χ3v) is 5.20. The van der Waals surface area contributed by atoms with Crippen molar-refractivity contribution < 1.29 is 0 Å². The Bertz CT molecular complexity index is 458. The summed E-state index contributed by atoms with van der Waals surface area (Å²) >= 11 is 5.86. The normalized spacial score (nSPS) is 45.0. The maximum absolute atomic E-state index is 6.56. The van der Waals surface area contributed by atoms with E-state index in [0.29, 0.717) is 5.28 Å². The van der Waals surface area contributed by atoms with Crippen molar-refractivity contribution in [3.05, 3.63) is 11.6 Å². The first-order valence-electron chi connectivity index (χ1n) is 6.44. The summed E-state index contributed by atoms with van der Waals surface area (Å²) in [4.78, 5) is 4.07. The van der Waals surface area contributed by atoms with Crippen LogP contribution in [0.3, 0.4) is 0 Å². The molecule has 1 heterocycles. The van der Waals surface area contributed by atoms with Crippen LogP contribution in [0, 0.1) is 11.8 Å². The first kappa shape index (κ1) is 12.7. The molecular formula is C12H18Cl2N4. The van der Waals surface area contributed by atoms with Crippen LogP contribution in [0.1, 0.15) is 38.5 Å². The van der Waals surface area contributed by atoms with Crippen LogP contribution >= 0.6 is 24.0 Å². The lowest BCUT2D eigenvalue weighted by Crippen LogP contribution is -2.63. The van der Waals surface area contributed by atoms with E-state index >= 15 is 0 Å². The molecule has 6 heteroatoms. The van der Waals surface area contributed by atoms with E-state index < -0.39 is 0 Å². The van der Waals surface area contributed by atoms with Crippen molar-refractivity contribution in [2.75, 3.05) is 0 Å². The number of rotatable bonds is 1. The maximum Gasteiger partial charge on any atom is 0.242 e. The van der Waals surface area contributed by atoms with Crippen LogP contribution in [-0.2, 0) is 5.54 Å². The largest absolute Gasteiger partial charge is 0.325 e. The Morgan fingerprint density at radius 3 is 2.44 bits per heavy atom. The molecule has 0 radical (unpaired) electrons. The third kappa shape index (κ3) is 1.69. The van der Waals surface area contributed by atoms with Gasteiger partial charge in [-0.2, -0.15) is 0 Å². The van der Waals surface area contributed by atoms with Gasteiger partial charge in [-0.05, 0) is 62.0 Å². The summed E-state index contributed by atoms with van der Waals surface area (Å²) < 4.78 is 2.01. The average molecular weight is 289 g/mol. The van der Waals surface area contributed by atoms with Crippen LogP contribution in [0.4, 0.5) is 0 Å². The minimum Gasteiger partial charge on any atom is -0.325 e. The fourth-order valence-corrected chi connectivity index (χ4v) is 5.15. The highest BCUT2D eigenvalue weighted by molar-refractivity contribution is 6.28. The molecule has 18 heavy (non-hydrogen) atoms. The monoisotopic (exact) mass is 288 g/mol. The van der Waals surface area contributed by atoms with Gasteiger partial charge >= 0.3 is 0 Å². The first-order chi connectivity index (χ1) is 8.07. The van der Waals surface area contributed by atoms with Gasteiger partial charge in [0.05, 0.1) is 5.54 Å². The molecule has 4 bridgehead atoms. The van der Waals surface area contributed by atoms with Crippen molar-refractivity contribution >= 4 is 24.0 Å². The molecule has 4 aliphatic rings. The Morgan fingerprint density at radius 1 is 1.28 bits per heavy atom. The maximum atomic E-state index is 6.56. The van der Waals surface area contributed by atoms with Crippen molar-refractivity contribution in [1.29, 1.82) is 0 Å². The number of halogens is 2. The fourth-order valence-electron chi connectivity index (χ4n) is 5.02. The first-order valence-corrected chi connectivity index (χ1v) is 6.81. The molecule has 0 aliphatic heterocycles. The van der Waals surface area contributed by atoms with Gasteiger partial charge in [0.2, 0.25) is 5.28 Å². The van der Waals surface area contributed by atoms with Gasteiger partial charge in [0.1, 0.15) is 6.33 Å². The lowest BCUT2D eigenvalue weighted by atomic mass is 9.50. The average Bonchev–Trinajstić information content (AvgIpc) is 2.61. The molecular weight excluding hydrogens is 271 g/mol. The van der Waals surface area contributed by atoms with Crippen LogP contribution in [0.25, 0.3) is 0 Å². The zero-order chi connectivity index (χ0) is 11.7. The molecule has 4 nitrogen and oxygen atoms in total. The zero-order valence-corrected chi connectivity index (χ0v) is 11.8. The molecule has 2 unspecified atom stereocenters. The summed E-state index contributed by atoms with van der Waals surface area (Å²) in [6, 6.07) is 0. The van der Waals surface area contributed by atoms with Crippen molar-refractivity contribution in [2.45, 2.75) is 49.6 Å². The Labute approximate surface area is 118 Å². The van der Waals surface area contributed by atoms with E-state index in [2.05, 4.69) is 10.1 Å². The minimum atomic E-state index is 0. The highest BCUT2D eigenvalue weighted by Gasteiger charge is 2.57. The molecule has 1 aromatic rings. The second-order valence-electron chi connectivity index (χ2n) is 6.51. The SMILES string of the molecule is Cl.NC12CC3CC(C1)CC(n1cnc(Cl)n1)(C3)C2. The molecule has 4 saturated carbocycles. The van der Waals surface area contributed by atoms with Crippen molar-refractivity contribution in [2.24, 2.45) is 17.6 Å². The smallest absolute Gasteiger partial charge is 0.242 e. The second-order valence-corrected chi connectivity index (χ2v) is 6.84. The van der Waals surface area contributed by atoms with Crippen LogP contribution in [0.5, 0.6) is 0 Å². The standard InChI is InChI=1S/C12H17ClN4.ClH/c13-10-15-7-17(16-10)12-4-8-1-9(5-12)3-11(14,2-8)6-12;/h7-9H,1-6,14H2;1H. The Balaban J connectivity index is 0.000001000. The van der Waals surface area contributed by atoms with Crippen molar-refractivity contribution in [3.8, 4) is 0 Å². The van der Waals surface area contributed by atoms with Crippen LogP contribution in [0.2, 0.25) is 5.28 Å². The minimum absolute atomic E-state index is 0. The molecule has 4 fully saturated rings. The lowest BCUT2D eigenvalue weighted by Gasteiger charge is -2.60. The van der Waals surface area contributed by atoms with Gasteiger partial charge in [-0.3, -0.25) is 0 Å². The van der Waals surface area contributed by atoms with E-state index in [1.807, 2.05) is 4.68 Å². The van der Waals surface area contributed by atoms with E-state index in [9.17, 15) is 0 Å². The predicted molar refractivity (Wildman–Crippen MR) is 71.9 cm³/mol. The van der Waals surface area contributed by atoms with Gasteiger partial charge < -0.3 is 5.73 Å². The molecule has 0 aromatic carbocycles. The summed E-state index contributed by atoms with van der Waals surface area (Å²) in [5.74, 6) is 1.56. The molecule has 4 aliphatic carbocycles. The van der Waals surface area contributed by atoms with E-state index in [1.54, 1.807) is 6.33 Å². The summed E-state index contributed by atoms with van der Waals surface area (Å²) in [5, 5.41) is 4.70. The Hall–Kier alpha value is -0.320. The van der Waals surface area contributed by atoms with E-state index in [-0.39, 0.29) is 23.5 Å². The topological polar surface area (TPSA) is 56.7 Å². The van der Waals surface area contributed by atoms with Crippen LogP contribution < -0.4 is 5.73 Å². The molecule has 0 spiro atoms. The summed E-state index contributed by atoms with van der Waals surface area (Å²) in [5.41, 5.74) is 6.71. The van der Waals surface area contributed by atoms with Gasteiger partial charge in [0, 0.05) is 5.54 Å². The van der Waals surface area contributed by atoms with Gasteiger partial charge in [0.15, 0.2) is 0 Å². The van der Waals surface area contributed by atoms with Crippen molar-refractivity contribution in [3.63, 3.8) is 0 Å². The van der Waals surface area contributed by atoms with E-state index in [4.69, 9.17) is 17.3 Å². The lowest BCUT2D eigenvalue weighted by molar-refractivity contribution is -0.0636. The van der Waals surface area contributed by atoms with Gasteiger partial charge in [-0.25, -0.2) is 9.67 Å². The highest BCUT2D eigenvalue weighted by atomic mass is 35.5. The zero-order valence-electron chi connectivity index (χ0n) is 10.2. The molecule has 100 valence electrons. The highest BCUT2D eigenvalue weighted by Crippen LogP contribution is 2.59. The molecule has 2 atom stereocenters. The molecule has 0 saturated heterocycles. The third-order valence-electron chi connectivity index (χ3n) is 5.03. The number of hydrogen-bond donors (Lipinski definition) is 1. The fraction of sp³-hybridized carbons (Fsp3) is 0.833. The summed E-state index contributed by atoms with van der Waals surface area (Å²) in [6.07, 6.45) is 9.03. The quantitative estimate of drug-likeness (QED) is 0.863. The molecule has 5 rings (SSSR count). The van der Waals surface area contributed by atoms with E-state index in [1.165, 1.54) is 32.1 Å². The van der Waals surface area contributed by atoms with Crippen molar-refractivity contribution in [1.82, 2.24) is 14.8 Å². The number of nitrogens with zero attached hydrogens (tertiary/aromatic N) is 3. The summed E-state index contributed by atoms with van der Waals surface area (Å²) in [6.45, 7) is 0. The number of nitrogens with two attached hydrogens (primary N) is 1. The van der Waals surface area contributed by atoms with Gasteiger partial charge in [0.25, 0.3) is 0 Å². The van der Waals surface area contributed by atoms with Crippen LogP contribution in [-0.4, -0.2) is 20.3 Å². The summed E-state index contributed by atoms with van der Waals surface area (Å²) in [7, 11) is 0.